The maximum absolute atomic E-state index is 11.2. The normalized spacial score (nSPS) is 10.4. The predicted molar refractivity (Wildman–Crippen MR) is 77.4 cm³/mol. The van der Waals surface area contributed by atoms with Crippen molar-refractivity contribution in [3.05, 3.63) is 59.7 Å². The van der Waals surface area contributed by atoms with Crippen LogP contribution >= 0.6 is 0 Å². The molecule has 98 valence electrons. The average molecular weight is 254 g/mol. The van der Waals surface area contributed by atoms with E-state index in [0.29, 0.717) is 5.56 Å². The standard InChI is InChI=1S/C17H18O2/c1-2-3-6-13-9-11-14(12-10-13)15-7-4-5-8-16(15)17(18)19/h4-5,7-12H,2-3,6H2,1H3,(H,18,19). The summed E-state index contributed by atoms with van der Waals surface area (Å²) in [6.07, 6.45) is 3.45. The lowest BCUT2D eigenvalue weighted by molar-refractivity contribution is 0.0697. The van der Waals surface area contributed by atoms with Gasteiger partial charge in [0.2, 0.25) is 0 Å². The van der Waals surface area contributed by atoms with Crippen molar-refractivity contribution in [2.24, 2.45) is 0 Å². The molecule has 2 rings (SSSR count). The molecule has 2 aromatic rings. The van der Waals surface area contributed by atoms with Crippen LogP contribution in [0.4, 0.5) is 0 Å². The number of carboxylic acid groups (broad SMARTS) is 1. The molecule has 19 heavy (non-hydrogen) atoms. The summed E-state index contributed by atoms with van der Waals surface area (Å²) in [5.41, 5.74) is 3.39. The minimum Gasteiger partial charge on any atom is -0.478 e. The molecular weight excluding hydrogens is 236 g/mol. The fourth-order valence-electron chi connectivity index (χ4n) is 2.15. The van der Waals surface area contributed by atoms with Crippen molar-refractivity contribution in [2.75, 3.05) is 0 Å². The van der Waals surface area contributed by atoms with Crippen LogP contribution in [0.5, 0.6) is 0 Å². The zero-order valence-corrected chi connectivity index (χ0v) is 11.1. The number of carboxylic acids is 1. The molecule has 0 fully saturated rings. The van der Waals surface area contributed by atoms with E-state index in [1.165, 1.54) is 18.4 Å². The molecule has 1 N–H and O–H groups in total. The third kappa shape index (κ3) is 3.22. The van der Waals surface area contributed by atoms with Gasteiger partial charge in [0.15, 0.2) is 0 Å². The van der Waals surface area contributed by atoms with Gasteiger partial charge in [-0.25, -0.2) is 4.79 Å². The zero-order valence-electron chi connectivity index (χ0n) is 11.1. The molecule has 0 heterocycles. The number of unbranched alkanes of at least 4 members (excludes halogenated alkanes) is 1. The van der Waals surface area contributed by atoms with E-state index in [-0.39, 0.29) is 0 Å². The van der Waals surface area contributed by atoms with Gasteiger partial charge in [-0.2, -0.15) is 0 Å². The van der Waals surface area contributed by atoms with Gasteiger partial charge in [-0.3, -0.25) is 0 Å². The van der Waals surface area contributed by atoms with E-state index >= 15 is 0 Å². The van der Waals surface area contributed by atoms with Crippen molar-refractivity contribution in [3.63, 3.8) is 0 Å². The number of rotatable bonds is 5. The lowest BCUT2D eigenvalue weighted by atomic mass is 9.98. The van der Waals surface area contributed by atoms with Crippen LogP contribution < -0.4 is 0 Å². The van der Waals surface area contributed by atoms with Crippen LogP contribution in [0.15, 0.2) is 48.5 Å². The van der Waals surface area contributed by atoms with Gasteiger partial charge in [0.05, 0.1) is 5.56 Å². The zero-order chi connectivity index (χ0) is 13.7. The number of aryl methyl sites for hydroxylation is 1. The first-order chi connectivity index (χ1) is 9.22. The van der Waals surface area contributed by atoms with E-state index in [0.717, 1.165) is 17.5 Å². The molecule has 2 heteroatoms. The fourth-order valence-corrected chi connectivity index (χ4v) is 2.15. The van der Waals surface area contributed by atoms with E-state index in [1.54, 1.807) is 12.1 Å². The van der Waals surface area contributed by atoms with Crippen LogP contribution in [0.3, 0.4) is 0 Å². The first-order valence-corrected chi connectivity index (χ1v) is 6.64. The molecule has 0 saturated heterocycles. The van der Waals surface area contributed by atoms with Crippen molar-refractivity contribution in [3.8, 4) is 11.1 Å². The molecule has 0 spiro atoms. The topological polar surface area (TPSA) is 37.3 Å². The van der Waals surface area contributed by atoms with E-state index in [2.05, 4.69) is 19.1 Å². The third-order valence-electron chi connectivity index (χ3n) is 3.24. The summed E-state index contributed by atoms with van der Waals surface area (Å²) in [6.45, 7) is 2.18. The van der Waals surface area contributed by atoms with Crippen molar-refractivity contribution in [2.45, 2.75) is 26.2 Å². The highest BCUT2D eigenvalue weighted by Gasteiger charge is 2.10. The van der Waals surface area contributed by atoms with Crippen LogP contribution in [-0.4, -0.2) is 11.1 Å². The Morgan fingerprint density at radius 3 is 2.37 bits per heavy atom. The fraction of sp³-hybridized carbons (Fsp3) is 0.235. The van der Waals surface area contributed by atoms with Gasteiger partial charge in [-0.1, -0.05) is 55.8 Å². The smallest absolute Gasteiger partial charge is 0.336 e. The molecule has 0 aliphatic carbocycles. The molecule has 0 atom stereocenters. The van der Waals surface area contributed by atoms with E-state index in [1.807, 2.05) is 24.3 Å². The number of benzene rings is 2. The van der Waals surface area contributed by atoms with Gasteiger partial charge in [-0.15, -0.1) is 0 Å². The Kier molecular flexibility index (Phi) is 4.35. The van der Waals surface area contributed by atoms with Gasteiger partial charge in [0.1, 0.15) is 0 Å². The van der Waals surface area contributed by atoms with E-state index in [9.17, 15) is 9.90 Å². The molecule has 0 aliphatic heterocycles. The molecule has 0 unspecified atom stereocenters. The van der Waals surface area contributed by atoms with Crippen molar-refractivity contribution in [1.29, 1.82) is 0 Å². The Morgan fingerprint density at radius 1 is 1.05 bits per heavy atom. The van der Waals surface area contributed by atoms with Gasteiger partial charge in [-0.05, 0) is 35.6 Å². The molecule has 0 amide bonds. The Morgan fingerprint density at radius 2 is 1.74 bits per heavy atom. The van der Waals surface area contributed by atoms with Crippen molar-refractivity contribution < 1.29 is 9.90 Å². The summed E-state index contributed by atoms with van der Waals surface area (Å²) in [5.74, 6) is -0.884. The first-order valence-electron chi connectivity index (χ1n) is 6.64. The number of hydrogen-bond acceptors (Lipinski definition) is 1. The highest BCUT2D eigenvalue weighted by molar-refractivity contribution is 5.95. The Bertz CT molecular complexity index is 556. The van der Waals surface area contributed by atoms with Crippen LogP contribution in [0.2, 0.25) is 0 Å². The molecule has 0 saturated carbocycles. The quantitative estimate of drug-likeness (QED) is 0.859. The maximum atomic E-state index is 11.2. The van der Waals surface area contributed by atoms with Crippen LogP contribution in [0, 0.1) is 0 Å². The molecular formula is C17H18O2. The maximum Gasteiger partial charge on any atom is 0.336 e. The van der Waals surface area contributed by atoms with E-state index in [4.69, 9.17) is 0 Å². The van der Waals surface area contributed by atoms with E-state index < -0.39 is 5.97 Å². The van der Waals surface area contributed by atoms with Crippen molar-refractivity contribution >= 4 is 5.97 Å². The second-order valence-electron chi connectivity index (χ2n) is 4.65. The highest BCUT2D eigenvalue weighted by atomic mass is 16.4. The van der Waals surface area contributed by atoms with Gasteiger partial charge < -0.3 is 5.11 Å². The Labute approximate surface area is 113 Å². The van der Waals surface area contributed by atoms with Crippen LogP contribution in [0.1, 0.15) is 35.7 Å². The van der Waals surface area contributed by atoms with Gasteiger partial charge >= 0.3 is 5.97 Å². The minimum absolute atomic E-state index is 0.351. The SMILES string of the molecule is CCCCc1ccc(-c2ccccc2C(=O)O)cc1. The first kappa shape index (κ1) is 13.3. The summed E-state index contributed by atoms with van der Waals surface area (Å²) in [4.78, 5) is 11.2. The molecule has 2 nitrogen and oxygen atoms in total. The monoisotopic (exact) mass is 254 g/mol. The summed E-state index contributed by atoms with van der Waals surface area (Å²) in [7, 11) is 0. The van der Waals surface area contributed by atoms with Crippen molar-refractivity contribution in [1.82, 2.24) is 0 Å². The molecule has 0 aliphatic rings. The lowest BCUT2D eigenvalue weighted by Crippen LogP contribution is -1.99. The van der Waals surface area contributed by atoms with Crippen LogP contribution in [-0.2, 0) is 6.42 Å². The second-order valence-corrected chi connectivity index (χ2v) is 4.65. The summed E-state index contributed by atoms with van der Waals surface area (Å²) in [5, 5.41) is 9.20. The number of aromatic carboxylic acids is 1. The third-order valence-corrected chi connectivity index (χ3v) is 3.24. The summed E-state index contributed by atoms with van der Waals surface area (Å²) >= 11 is 0. The number of hydrogen-bond donors (Lipinski definition) is 1. The van der Waals surface area contributed by atoms with Gasteiger partial charge in [0, 0.05) is 0 Å². The Balaban J connectivity index is 2.30. The summed E-state index contributed by atoms with van der Waals surface area (Å²) in [6, 6.07) is 15.3. The molecule has 0 radical (unpaired) electrons. The largest absolute Gasteiger partial charge is 0.478 e. The molecule has 0 aromatic heterocycles. The van der Waals surface area contributed by atoms with Gasteiger partial charge in [0.25, 0.3) is 0 Å². The second kappa shape index (κ2) is 6.19. The minimum atomic E-state index is -0.884. The predicted octanol–water partition coefficient (Wildman–Crippen LogP) is 4.39. The lowest BCUT2D eigenvalue weighted by Gasteiger charge is -2.07. The average Bonchev–Trinajstić information content (AvgIpc) is 2.45. The molecule has 2 aromatic carbocycles. The molecule has 0 bridgehead atoms. The van der Waals surface area contributed by atoms with Crippen LogP contribution in [0.25, 0.3) is 11.1 Å². The number of carbonyl (C=O) groups is 1. The Hall–Kier alpha value is -2.09. The summed E-state index contributed by atoms with van der Waals surface area (Å²) < 4.78 is 0. The highest BCUT2D eigenvalue weighted by Crippen LogP contribution is 2.24.